The number of unbranched alkanes of at least 4 members (excludes halogenated alkanes) is 18. The van der Waals surface area contributed by atoms with Crippen molar-refractivity contribution < 1.29 is 14.3 Å². The van der Waals surface area contributed by atoms with E-state index in [9.17, 15) is 4.79 Å². The van der Waals surface area contributed by atoms with Gasteiger partial charge >= 0.3 is 0 Å². The Hall–Kier alpha value is -3.07. The van der Waals surface area contributed by atoms with Crippen LogP contribution in [0.4, 0.5) is 0 Å². The molecule has 3 aromatic rings. The van der Waals surface area contributed by atoms with Crippen LogP contribution in [-0.2, 0) is 0 Å². The molecule has 0 unspecified atom stereocenters. The van der Waals surface area contributed by atoms with Gasteiger partial charge in [0.1, 0.15) is 17.8 Å². The van der Waals surface area contributed by atoms with Gasteiger partial charge in [-0.1, -0.05) is 166 Å². The zero-order chi connectivity index (χ0) is 32.5. The van der Waals surface area contributed by atoms with Gasteiger partial charge in [-0.25, -0.2) is 0 Å². The Balaban J connectivity index is 1.42. The summed E-state index contributed by atoms with van der Waals surface area (Å²) in [5.41, 5.74) is 5.01. The van der Waals surface area contributed by atoms with Crippen LogP contribution >= 0.6 is 0 Å². The molecule has 3 heteroatoms. The lowest BCUT2D eigenvalue weighted by Crippen LogP contribution is -1.98. The van der Waals surface area contributed by atoms with E-state index >= 15 is 0 Å². The maximum atomic E-state index is 11.6. The average Bonchev–Trinajstić information content (AvgIpc) is 3.10. The molecule has 0 aliphatic carbocycles. The van der Waals surface area contributed by atoms with Crippen molar-refractivity contribution in [2.24, 2.45) is 0 Å². The van der Waals surface area contributed by atoms with Gasteiger partial charge in [-0.15, -0.1) is 0 Å². The summed E-state index contributed by atoms with van der Waals surface area (Å²) in [6.45, 7) is 6.07. The monoisotopic (exact) mass is 626 g/mol. The molecule has 3 rings (SSSR count). The number of carbonyl (C=O) groups is 1. The van der Waals surface area contributed by atoms with Crippen LogP contribution in [-0.4, -0.2) is 19.5 Å². The molecule has 0 aliphatic heterocycles. The lowest BCUT2D eigenvalue weighted by atomic mass is 9.93. The molecule has 0 amide bonds. The molecule has 0 spiro atoms. The predicted molar refractivity (Wildman–Crippen MR) is 197 cm³/mol. The molecule has 0 radical (unpaired) electrons. The Morgan fingerprint density at radius 3 is 1.20 bits per heavy atom. The van der Waals surface area contributed by atoms with Crippen LogP contribution in [0.3, 0.4) is 0 Å². The molecule has 0 bridgehead atoms. The third-order valence-electron chi connectivity index (χ3n) is 9.04. The van der Waals surface area contributed by atoms with E-state index in [-0.39, 0.29) is 0 Å². The SMILES string of the molecule is CCCCCCCCCCCCOc1ccc(-c2ccc(C=O)cc2-c2ccc(OCCCCCCCCCCCC)cc2)cc1. The Labute approximate surface area is 281 Å². The highest BCUT2D eigenvalue weighted by atomic mass is 16.5. The number of benzene rings is 3. The number of carbonyl (C=O) groups excluding carboxylic acids is 1. The van der Waals surface area contributed by atoms with Gasteiger partial charge in [0, 0.05) is 5.56 Å². The van der Waals surface area contributed by atoms with Crippen LogP contribution in [0, 0.1) is 0 Å². The summed E-state index contributed by atoms with van der Waals surface area (Å²) in [5.74, 6) is 1.81. The fourth-order valence-electron chi connectivity index (χ4n) is 6.15. The number of aldehydes is 1. The molecular formula is C43H62O3. The van der Waals surface area contributed by atoms with Gasteiger partial charge in [-0.3, -0.25) is 4.79 Å². The molecule has 46 heavy (non-hydrogen) atoms. The Morgan fingerprint density at radius 2 is 0.804 bits per heavy atom. The van der Waals surface area contributed by atoms with E-state index in [0.717, 1.165) is 66.1 Å². The standard InChI is InChI=1S/C43H62O3/c1-3-5-7-9-11-13-15-17-19-21-33-45-40-28-24-38(25-29-40)42-32-23-37(36-44)35-43(42)39-26-30-41(31-27-39)46-34-22-20-18-16-14-12-10-8-6-4-2/h23-32,35-36H,3-22,33-34H2,1-2H3. The minimum Gasteiger partial charge on any atom is -0.494 e. The van der Waals surface area contributed by atoms with Crippen LogP contribution in [0.25, 0.3) is 22.3 Å². The molecule has 0 aromatic heterocycles. The van der Waals surface area contributed by atoms with E-state index in [1.54, 1.807) is 0 Å². The van der Waals surface area contributed by atoms with Gasteiger partial charge in [-0.05, 0) is 65.4 Å². The molecule has 3 aromatic carbocycles. The molecular weight excluding hydrogens is 564 g/mol. The summed E-state index contributed by atoms with van der Waals surface area (Å²) in [7, 11) is 0. The molecule has 252 valence electrons. The number of ether oxygens (including phenoxy) is 2. The number of hydrogen-bond donors (Lipinski definition) is 0. The summed E-state index contributed by atoms with van der Waals surface area (Å²) < 4.78 is 12.1. The number of hydrogen-bond acceptors (Lipinski definition) is 3. The van der Waals surface area contributed by atoms with E-state index in [0.29, 0.717) is 5.56 Å². The normalized spacial score (nSPS) is 11.1. The van der Waals surface area contributed by atoms with Gasteiger partial charge in [-0.2, -0.15) is 0 Å². The third-order valence-corrected chi connectivity index (χ3v) is 9.04. The van der Waals surface area contributed by atoms with Gasteiger partial charge < -0.3 is 9.47 Å². The summed E-state index contributed by atoms with van der Waals surface area (Å²) in [5, 5.41) is 0. The lowest BCUT2D eigenvalue weighted by molar-refractivity contribution is 0.112. The van der Waals surface area contributed by atoms with Crippen molar-refractivity contribution in [1.82, 2.24) is 0 Å². The van der Waals surface area contributed by atoms with Crippen molar-refractivity contribution in [2.45, 2.75) is 142 Å². The summed E-state index contributed by atoms with van der Waals surface area (Å²) in [6.07, 6.45) is 27.4. The predicted octanol–water partition coefficient (Wildman–Crippen LogP) is 13.4. The second kappa shape index (κ2) is 24.2. The largest absolute Gasteiger partial charge is 0.494 e. The van der Waals surface area contributed by atoms with Gasteiger partial charge in [0.25, 0.3) is 0 Å². The Morgan fingerprint density at radius 1 is 0.435 bits per heavy atom. The Bertz CT molecular complexity index is 1180. The van der Waals surface area contributed by atoms with E-state index in [1.165, 1.54) is 116 Å². The van der Waals surface area contributed by atoms with Crippen molar-refractivity contribution in [3.05, 3.63) is 72.3 Å². The van der Waals surface area contributed by atoms with Crippen molar-refractivity contribution in [2.75, 3.05) is 13.2 Å². The fourth-order valence-corrected chi connectivity index (χ4v) is 6.15. The molecule has 0 atom stereocenters. The fraction of sp³-hybridized carbons (Fsp3) is 0.558. The van der Waals surface area contributed by atoms with Gasteiger partial charge in [0.05, 0.1) is 13.2 Å². The van der Waals surface area contributed by atoms with Crippen molar-refractivity contribution in [3.63, 3.8) is 0 Å². The van der Waals surface area contributed by atoms with Crippen LogP contribution < -0.4 is 9.47 Å². The smallest absolute Gasteiger partial charge is 0.150 e. The first-order chi connectivity index (χ1) is 22.7. The van der Waals surface area contributed by atoms with Crippen LogP contribution in [0.1, 0.15) is 153 Å². The highest BCUT2D eigenvalue weighted by molar-refractivity contribution is 5.88. The minimum atomic E-state index is 0.677. The first-order valence-electron chi connectivity index (χ1n) is 18.8. The highest BCUT2D eigenvalue weighted by Gasteiger charge is 2.10. The number of rotatable bonds is 27. The lowest BCUT2D eigenvalue weighted by Gasteiger charge is -2.13. The van der Waals surface area contributed by atoms with Crippen molar-refractivity contribution >= 4 is 6.29 Å². The quantitative estimate of drug-likeness (QED) is 0.0624. The molecule has 0 saturated carbocycles. The first-order valence-corrected chi connectivity index (χ1v) is 18.8. The van der Waals surface area contributed by atoms with Gasteiger partial charge in [0.15, 0.2) is 0 Å². The molecule has 3 nitrogen and oxygen atoms in total. The van der Waals surface area contributed by atoms with Crippen LogP contribution in [0.15, 0.2) is 66.7 Å². The third kappa shape index (κ3) is 15.0. The average molecular weight is 627 g/mol. The summed E-state index contributed by atoms with van der Waals surface area (Å²) >= 11 is 0. The molecule has 0 aliphatic rings. The summed E-state index contributed by atoms with van der Waals surface area (Å²) in [4.78, 5) is 11.6. The molecule has 0 N–H and O–H groups in total. The van der Waals surface area contributed by atoms with E-state index in [4.69, 9.17) is 9.47 Å². The van der Waals surface area contributed by atoms with E-state index in [1.807, 2.05) is 30.3 Å². The van der Waals surface area contributed by atoms with Crippen LogP contribution in [0.2, 0.25) is 0 Å². The van der Waals surface area contributed by atoms with Crippen molar-refractivity contribution in [3.8, 4) is 33.8 Å². The molecule has 0 saturated heterocycles. The minimum absolute atomic E-state index is 0.677. The molecule has 0 fully saturated rings. The second-order valence-electron chi connectivity index (χ2n) is 13.0. The van der Waals surface area contributed by atoms with Gasteiger partial charge in [0.2, 0.25) is 0 Å². The van der Waals surface area contributed by atoms with Crippen LogP contribution in [0.5, 0.6) is 11.5 Å². The zero-order valence-electron chi connectivity index (χ0n) is 29.2. The second-order valence-corrected chi connectivity index (χ2v) is 13.0. The topological polar surface area (TPSA) is 35.5 Å². The highest BCUT2D eigenvalue weighted by Crippen LogP contribution is 2.34. The van der Waals surface area contributed by atoms with E-state index < -0.39 is 0 Å². The maximum Gasteiger partial charge on any atom is 0.150 e. The molecule has 0 heterocycles. The first kappa shape index (κ1) is 37.4. The Kier molecular flexibility index (Phi) is 19.6. The summed E-state index contributed by atoms with van der Waals surface area (Å²) in [6, 6.07) is 22.6. The zero-order valence-corrected chi connectivity index (χ0v) is 29.2. The van der Waals surface area contributed by atoms with Crippen molar-refractivity contribution in [1.29, 1.82) is 0 Å². The maximum absolute atomic E-state index is 11.6. The van der Waals surface area contributed by atoms with E-state index in [2.05, 4.69) is 50.2 Å².